The van der Waals surface area contributed by atoms with E-state index in [1.165, 1.54) is 0 Å². The molecule has 1 aromatic rings. The summed E-state index contributed by atoms with van der Waals surface area (Å²) in [4.78, 5) is 16.2. The van der Waals surface area contributed by atoms with E-state index in [1.807, 2.05) is 18.2 Å². The molecule has 1 heterocycles. The van der Waals surface area contributed by atoms with Crippen molar-refractivity contribution in [2.45, 2.75) is 37.9 Å². The maximum Gasteiger partial charge on any atom is 0.411 e. The molecular formula is C16H22F3N3O2. The fraction of sp³-hybridized carbons (Fsp3) is 0.625. The van der Waals surface area contributed by atoms with Crippen molar-refractivity contribution in [3.8, 4) is 0 Å². The minimum atomic E-state index is -4.33. The molecule has 0 aromatic carbocycles. The van der Waals surface area contributed by atoms with Crippen molar-refractivity contribution in [2.75, 3.05) is 25.1 Å². The summed E-state index contributed by atoms with van der Waals surface area (Å²) in [7, 11) is 0. The largest absolute Gasteiger partial charge is 0.411 e. The number of carbonyl (C=O) groups is 1. The van der Waals surface area contributed by atoms with Crippen molar-refractivity contribution in [1.82, 2.24) is 10.3 Å². The zero-order valence-corrected chi connectivity index (χ0v) is 13.3. The highest BCUT2D eigenvalue weighted by molar-refractivity contribution is 5.78. The van der Waals surface area contributed by atoms with Gasteiger partial charge >= 0.3 is 6.18 Å². The van der Waals surface area contributed by atoms with Crippen LogP contribution in [-0.2, 0) is 9.53 Å². The molecule has 2 N–H and O–H groups in total. The molecule has 0 radical (unpaired) electrons. The first-order valence-corrected chi connectivity index (χ1v) is 8.04. The minimum Gasteiger partial charge on any atom is -0.370 e. The Bertz CT molecular complexity index is 503. The third kappa shape index (κ3) is 6.74. The highest BCUT2D eigenvalue weighted by Crippen LogP contribution is 2.26. The van der Waals surface area contributed by atoms with E-state index in [9.17, 15) is 18.0 Å². The first kappa shape index (κ1) is 18.5. The van der Waals surface area contributed by atoms with Crippen molar-refractivity contribution in [1.29, 1.82) is 0 Å². The van der Waals surface area contributed by atoms with Gasteiger partial charge in [-0.1, -0.05) is 6.07 Å². The van der Waals surface area contributed by atoms with E-state index in [0.29, 0.717) is 6.04 Å². The SMILES string of the molecule is O=C(NCCOCC(F)(F)F)C1CCC(Nc2ccccn2)CC1. The number of alkyl halides is 3. The van der Waals surface area contributed by atoms with Crippen molar-refractivity contribution in [2.24, 2.45) is 5.92 Å². The fourth-order valence-electron chi connectivity index (χ4n) is 2.74. The molecule has 0 atom stereocenters. The van der Waals surface area contributed by atoms with Gasteiger partial charge in [-0.15, -0.1) is 0 Å². The van der Waals surface area contributed by atoms with Gasteiger partial charge in [0.2, 0.25) is 5.91 Å². The molecule has 5 nitrogen and oxygen atoms in total. The lowest BCUT2D eigenvalue weighted by molar-refractivity contribution is -0.173. The number of halogens is 3. The Hall–Kier alpha value is -1.83. The monoisotopic (exact) mass is 345 g/mol. The molecule has 8 heteroatoms. The van der Waals surface area contributed by atoms with Crippen molar-refractivity contribution >= 4 is 11.7 Å². The second-order valence-corrected chi connectivity index (χ2v) is 5.87. The first-order chi connectivity index (χ1) is 11.4. The molecule has 0 saturated heterocycles. The Kier molecular flexibility index (Phi) is 6.84. The van der Waals surface area contributed by atoms with Crippen LogP contribution in [0.3, 0.4) is 0 Å². The number of hydrogen-bond donors (Lipinski definition) is 2. The summed E-state index contributed by atoms with van der Waals surface area (Å²) in [6, 6.07) is 5.96. The second kappa shape index (κ2) is 8.86. The molecule has 0 aliphatic heterocycles. The summed E-state index contributed by atoms with van der Waals surface area (Å²) in [6.07, 6.45) is 0.614. The van der Waals surface area contributed by atoms with Crippen LogP contribution in [0.1, 0.15) is 25.7 Å². The van der Waals surface area contributed by atoms with E-state index in [4.69, 9.17) is 0 Å². The zero-order chi connectivity index (χ0) is 17.4. The van der Waals surface area contributed by atoms with Crippen LogP contribution in [0.5, 0.6) is 0 Å². The van der Waals surface area contributed by atoms with Gasteiger partial charge in [0.15, 0.2) is 0 Å². The Balaban J connectivity index is 1.60. The number of ether oxygens (including phenoxy) is 1. The number of anilines is 1. The average Bonchev–Trinajstić information content (AvgIpc) is 2.55. The maximum absolute atomic E-state index is 12.0. The van der Waals surface area contributed by atoms with Gasteiger partial charge in [-0.3, -0.25) is 4.79 Å². The summed E-state index contributed by atoms with van der Waals surface area (Å²) in [5, 5.41) is 5.98. The van der Waals surface area contributed by atoms with Crippen LogP contribution in [0.15, 0.2) is 24.4 Å². The van der Waals surface area contributed by atoms with Gasteiger partial charge < -0.3 is 15.4 Å². The topological polar surface area (TPSA) is 63.2 Å². The highest BCUT2D eigenvalue weighted by Gasteiger charge is 2.28. The summed E-state index contributed by atoms with van der Waals surface area (Å²) < 4.78 is 40.2. The predicted octanol–water partition coefficient (Wildman–Crippen LogP) is 2.75. The van der Waals surface area contributed by atoms with E-state index < -0.39 is 12.8 Å². The van der Waals surface area contributed by atoms with Crippen LogP contribution in [0.2, 0.25) is 0 Å². The van der Waals surface area contributed by atoms with Crippen molar-refractivity contribution in [3.63, 3.8) is 0 Å². The molecule has 24 heavy (non-hydrogen) atoms. The van der Waals surface area contributed by atoms with Gasteiger partial charge in [0.05, 0.1) is 6.61 Å². The smallest absolute Gasteiger partial charge is 0.370 e. The summed E-state index contributed by atoms with van der Waals surface area (Å²) >= 11 is 0. The van der Waals surface area contributed by atoms with Crippen LogP contribution < -0.4 is 10.6 Å². The Morgan fingerprint density at radius 1 is 1.25 bits per heavy atom. The Morgan fingerprint density at radius 2 is 2.00 bits per heavy atom. The lowest BCUT2D eigenvalue weighted by Gasteiger charge is -2.28. The molecule has 1 amide bonds. The first-order valence-electron chi connectivity index (χ1n) is 8.04. The van der Waals surface area contributed by atoms with Crippen molar-refractivity contribution < 1.29 is 22.7 Å². The number of carbonyl (C=O) groups excluding carboxylic acids is 1. The van der Waals surface area contributed by atoms with Crippen LogP contribution >= 0.6 is 0 Å². The molecule has 0 bridgehead atoms. The third-order valence-electron chi connectivity index (χ3n) is 3.93. The number of pyridine rings is 1. The summed E-state index contributed by atoms with van der Waals surface area (Å²) in [5.41, 5.74) is 0. The van der Waals surface area contributed by atoms with E-state index in [1.54, 1.807) is 6.20 Å². The molecule has 0 spiro atoms. The molecule has 1 saturated carbocycles. The molecular weight excluding hydrogens is 323 g/mol. The van der Waals surface area contributed by atoms with Gasteiger partial charge in [-0.05, 0) is 37.8 Å². The summed E-state index contributed by atoms with van der Waals surface area (Å²) in [6.45, 7) is -1.32. The Morgan fingerprint density at radius 3 is 2.62 bits per heavy atom. The van der Waals surface area contributed by atoms with Gasteiger partial charge in [0, 0.05) is 24.7 Å². The van der Waals surface area contributed by atoms with E-state index in [2.05, 4.69) is 20.4 Å². The number of nitrogens with one attached hydrogen (secondary N) is 2. The van der Waals surface area contributed by atoms with Crippen LogP contribution in [0.25, 0.3) is 0 Å². The average molecular weight is 345 g/mol. The van der Waals surface area contributed by atoms with Crippen LogP contribution in [-0.4, -0.2) is 42.9 Å². The van der Waals surface area contributed by atoms with Crippen LogP contribution in [0, 0.1) is 5.92 Å². The molecule has 0 unspecified atom stereocenters. The van der Waals surface area contributed by atoms with Gasteiger partial charge in [-0.25, -0.2) is 4.98 Å². The van der Waals surface area contributed by atoms with E-state index in [0.717, 1.165) is 31.5 Å². The highest BCUT2D eigenvalue weighted by atomic mass is 19.4. The molecule has 2 rings (SSSR count). The second-order valence-electron chi connectivity index (χ2n) is 5.87. The number of rotatable bonds is 7. The quantitative estimate of drug-likeness (QED) is 0.746. The number of aromatic nitrogens is 1. The normalized spacial score (nSPS) is 21.3. The predicted molar refractivity (Wildman–Crippen MR) is 83.5 cm³/mol. The number of hydrogen-bond acceptors (Lipinski definition) is 4. The minimum absolute atomic E-state index is 0.0885. The zero-order valence-electron chi connectivity index (χ0n) is 13.3. The number of amides is 1. The lowest BCUT2D eigenvalue weighted by Crippen LogP contribution is -2.37. The fourth-order valence-corrected chi connectivity index (χ4v) is 2.74. The molecule has 1 fully saturated rings. The van der Waals surface area contributed by atoms with E-state index >= 15 is 0 Å². The number of nitrogens with zero attached hydrogens (tertiary/aromatic N) is 1. The van der Waals surface area contributed by atoms with E-state index in [-0.39, 0.29) is 25.0 Å². The molecule has 1 aliphatic rings. The van der Waals surface area contributed by atoms with Gasteiger partial charge in [0.1, 0.15) is 12.4 Å². The standard InChI is InChI=1S/C16H22F3N3O2/c17-16(18,19)11-24-10-9-21-15(23)12-4-6-13(7-5-12)22-14-3-1-2-8-20-14/h1-3,8,12-13H,4-7,9-11H2,(H,20,22)(H,21,23). The summed E-state index contributed by atoms with van der Waals surface area (Å²) in [5.74, 6) is 0.628. The third-order valence-corrected chi connectivity index (χ3v) is 3.93. The maximum atomic E-state index is 12.0. The molecule has 1 aromatic heterocycles. The van der Waals surface area contributed by atoms with Crippen molar-refractivity contribution in [3.05, 3.63) is 24.4 Å². The lowest BCUT2D eigenvalue weighted by atomic mass is 9.85. The Labute approximate surface area is 139 Å². The van der Waals surface area contributed by atoms with Gasteiger partial charge in [-0.2, -0.15) is 13.2 Å². The molecule has 1 aliphatic carbocycles. The van der Waals surface area contributed by atoms with Gasteiger partial charge in [0.25, 0.3) is 0 Å². The van der Waals surface area contributed by atoms with Crippen LogP contribution in [0.4, 0.5) is 19.0 Å². The molecule has 134 valence electrons.